The largest absolute Gasteiger partial charge is 0.465 e. The third kappa shape index (κ3) is 1.77. The van der Waals surface area contributed by atoms with E-state index in [-0.39, 0.29) is 11.4 Å². The van der Waals surface area contributed by atoms with E-state index in [2.05, 4.69) is 15.4 Å². The zero-order valence-electron chi connectivity index (χ0n) is 9.64. The summed E-state index contributed by atoms with van der Waals surface area (Å²) in [5, 5.41) is 4.90. The molecule has 0 saturated heterocycles. The van der Waals surface area contributed by atoms with Crippen LogP contribution in [0.25, 0.3) is 0 Å². The predicted molar refractivity (Wildman–Crippen MR) is 59.4 cm³/mol. The molecule has 18 heavy (non-hydrogen) atoms. The fourth-order valence-corrected chi connectivity index (χ4v) is 1.65. The first-order valence-corrected chi connectivity index (χ1v) is 5.13. The second-order valence-corrected chi connectivity index (χ2v) is 3.82. The van der Waals surface area contributed by atoms with E-state index in [9.17, 15) is 18.4 Å². The van der Waals surface area contributed by atoms with Gasteiger partial charge in [0.25, 0.3) is 0 Å². The Morgan fingerprint density at radius 2 is 2.06 bits per heavy atom. The highest BCUT2D eigenvalue weighted by molar-refractivity contribution is 6.04. The minimum Gasteiger partial charge on any atom is -0.465 e. The van der Waals surface area contributed by atoms with Crippen molar-refractivity contribution in [1.82, 2.24) is 0 Å². The van der Waals surface area contributed by atoms with E-state index < -0.39 is 35.1 Å². The predicted octanol–water partition coefficient (Wildman–Crippen LogP) is 1.50. The molecule has 2 rings (SSSR count). The Bertz CT molecular complexity index is 546. The van der Waals surface area contributed by atoms with Crippen molar-refractivity contribution in [3.8, 4) is 0 Å². The first-order valence-electron chi connectivity index (χ1n) is 5.13. The molecule has 1 aromatic carbocycles. The van der Waals surface area contributed by atoms with E-state index in [1.54, 1.807) is 0 Å². The van der Waals surface area contributed by atoms with Gasteiger partial charge in [0.05, 0.1) is 18.5 Å². The number of halogens is 2. The molecule has 1 aromatic rings. The van der Waals surface area contributed by atoms with Crippen LogP contribution in [-0.2, 0) is 9.53 Å². The first kappa shape index (κ1) is 12.3. The number of carbonyl (C=O) groups is 2. The highest BCUT2D eigenvalue weighted by Gasteiger charge is 2.29. The number of esters is 1. The van der Waals surface area contributed by atoms with Gasteiger partial charge in [-0.3, -0.25) is 4.79 Å². The van der Waals surface area contributed by atoms with Crippen molar-refractivity contribution in [2.24, 2.45) is 0 Å². The molecular formula is C11H10F2N2O3. The minimum absolute atomic E-state index is 0.0115. The van der Waals surface area contributed by atoms with E-state index in [1.807, 2.05) is 0 Å². The third-order valence-corrected chi connectivity index (χ3v) is 2.62. The van der Waals surface area contributed by atoms with Crippen LogP contribution in [0.5, 0.6) is 0 Å². The lowest BCUT2D eigenvalue weighted by atomic mass is 10.1. The monoisotopic (exact) mass is 256 g/mol. The number of methoxy groups -OCH3 is 1. The Balaban J connectivity index is 2.58. The fraction of sp³-hybridized carbons (Fsp3) is 0.273. The summed E-state index contributed by atoms with van der Waals surface area (Å²) in [4.78, 5) is 22.7. The molecule has 0 saturated carbocycles. The quantitative estimate of drug-likeness (QED) is 0.747. The molecular weight excluding hydrogens is 246 g/mol. The number of ether oxygens (including phenoxy) is 1. The van der Waals surface area contributed by atoms with Crippen molar-refractivity contribution < 1.29 is 23.1 Å². The number of benzene rings is 1. The Hall–Kier alpha value is -2.18. The standard InChI is InChI=1S/C11H10F2N2O3/c1-4-10(16)15-6-3-5(11(17)18-2)7(12)8(13)9(6)14-4/h3-4,14H,1-2H3,(H,15,16). The van der Waals surface area contributed by atoms with Crippen LogP contribution in [-0.4, -0.2) is 25.0 Å². The van der Waals surface area contributed by atoms with Crippen molar-refractivity contribution in [2.45, 2.75) is 13.0 Å². The van der Waals surface area contributed by atoms with Gasteiger partial charge in [-0.1, -0.05) is 0 Å². The van der Waals surface area contributed by atoms with Gasteiger partial charge in [-0.15, -0.1) is 0 Å². The van der Waals surface area contributed by atoms with Gasteiger partial charge >= 0.3 is 5.97 Å². The van der Waals surface area contributed by atoms with E-state index in [0.717, 1.165) is 13.2 Å². The summed E-state index contributed by atoms with van der Waals surface area (Å²) in [5.74, 6) is -3.94. The van der Waals surface area contributed by atoms with Gasteiger partial charge in [0.15, 0.2) is 11.6 Å². The van der Waals surface area contributed by atoms with Crippen LogP contribution in [0.2, 0.25) is 0 Å². The highest BCUT2D eigenvalue weighted by Crippen LogP contribution is 2.33. The van der Waals surface area contributed by atoms with Crippen LogP contribution in [0.1, 0.15) is 17.3 Å². The van der Waals surface area contributed by atoms with Crippen molar-refractivity contribution in [3.05, 3.63) is 23.3 Å². The van der Waals surface area contributed by atoms with Crippen molar-refractivity contribution in [2.75, 3.05) is 17.7 Å². The zero-order chi connectivity index (χ0) is 13.4. The molecule has 1 unspecified atom stereocenters. The van der Waals surface area contributed by atoms with Gasteiger partial charge in [0.2, 0.25) is 5.91 Å². The summed E-state index contributed by atoms with van der Waals surface area (Å²) in [6.07, 6.45) is 0. The molecule has 1 aliphatic rings. The van der Waals surface area contributed by atoms with Crippen LogP contribution in [0.3, 0.4) is 0 Å². The Kier molecular flexibility index (Phi) is 2.90. The summed E-state index contributed by atoms with van der Waals surface area (Å²) in [6.45, 7) is 1.50. The van der Waals surface area contributed by atoms with Crippen molar-refractivity contribution in [1.29, 1.82) is 0 Å². The average Bonchev–Trinajstić information content (AvgIpc) is 2.35. The Morgan fingerprint density at radius 3 is 2.67 bits per heavy atom. The molecule has 5 nitrogen and oxygen atoms in total. The van der Waals surface area contributed by atoms with Crippen LogP contribution in [0.15, 0.2) is 6.07 Å². The molecule has 1 heterocycles. The molecule has 0 radical (unpaired) electrons. The van der Waals surface area contributed by atoms with Crippen LogP contribution < -0.4 is 10.6 Å². The lowest BCUT2D eigenvalue weighted by Gasteiger charge is -2.25. The van der Waals surface area contributed by atoms with Gasteiger partial charge in [-0.25, -0.2) is 13.6 Å². The number of amides is 1. The number of carbonyl (C=O) groups excluding carboxylic acids is 2. The maximum absolute atomic E-state index is 13.7. The molecule has 1 atom stereocenters. The van der Waals surface area contributed by atoms with Gasteiger partial charge < -0.3 is 15.4 Å². The molecule has 0 spiro atoms. The lowest BCUT2D eigenvalue weighted by Crippen LogP contribution is -2.37. The number of anilines is 2. The summed E-state index contributed by atoms with van der Waals surface area (Å²) in [7, 11) is 1.05. The second-order valence-electron chi connectivity index (χ2n) is 3.82. The summed E-state index contributed by atoms with van der Waals surface area (Å²) < 4.78 is 31.7. The molecule has 0 fully saturated rings. The average molecular weight is 256 g/mol. The van der Waals surface area contributed by atoms with Crippen LogP contribution >= 0.6 is 0 Å². The van der Waals surface area contributed by atoms with E-state index in [1.165, 1.54) is 6.92 Å². The highest BCUT2D eigenvalue weighted by atomic mass is 19.2. The van der Waals surface area contributed by atoms with Gasteiger partial charge in [0.1, 0.15) is 11.6 Å². The van der Waals surface area contributed by atoms with Crippen molar-refractivity contribution in [3.63, 3.8) is 0 Å². The van der Waals surface area contributed by atoms with Crippen LogP contribution in [0, 0.1) is 11.6 Å². The maximum Gasteiger partial charge on any atom is 0.341 e. The third-order valence-electron chi connectivity index (χ3n) is 2.62. The molecule has 2 N–H and O–H groups in total. The number of hydrogen-bond acceptors (Lipinski definition) is 4. The second kappa shape index (κ2) is 4.25. The maximum atomic E-state index is 13.7. The Labute approximate surface area is 101 Å². The smallest absolute Gasteiger partial charge is 0.341 e. The van der Waals surface area contributed by atoms with E-state index in [0.29, 0.717) is 0 Å². The summed E-state index contributed by atoms with van der Waals surface area (Å²) in [6, 6.07) is 0.353. The lowest BCUT2D eigenvalue weighted by molar-refractivity contribution is -0.116. The van der Waals surface area contributed by atoms with Gasteiger partial charge in [0, 0.05) is 0 Å². The molecule has 1 aliphatic heterocycles. The Morgan fingerprint density at radius 1 is 1.39 bits per heavy atom. The SMILES string of the molecule is COC(=O)c1cc2c(c(F)c1F)NC(C)C(=O)N2. The summed E-state index contributed by atoms with van der Waals surface area (Å²) >= 11 is 0. The van der Waals surface area contributed by atoms with Crippen molar-refractivity contribution >= 4 is 23.3 Å². The zero-order valence-corrected chi connectivity index (χ0v) is 9.64. The van der Waals surface area contributed by atoms with Gasteiger partial charge in [-0.05, 0) is 13.0 Å². The topological polar surface area (TPSA) is 67.4 Å². The molecule has 0 aromatic heterocycles. The normalized spacial score (nSPS) is 17.6. The minimum atomic E-state index is -1.31. The molecule has 1 amide bonds. The molecule has 7 heteroatoms. The molecule has 96 valence electrons. The fourth-order valence-electron chi connectivity index (χ4n) is 1.65. The van der Waals surface area contributed by atoms with E-state index in [4.69, 9.17) is 0 Å². The first-order chi connectivity index (χ1) is 8.45. The van der Waals surface area contributed by atoms with Crippen LogP contribution in [0.4, 0.5) is 20.2 Å². The molecule has 0 aliphatic carbocycles. The number of nitrogens with one attached hydrogen (secondary N) is 2. The van der Waals surface area contributed by atoms with E-state index >= 15 is 0 Å². The number of fused-ring (bicyclic) bond motifs is 1. The molecule has 0 bridgehead atoms. The number of hydrogen-bond donors (Lipinski definition) is 2. The number of rotatable bonds is 1. The van der Waals surface area contributed by atoms with Gasteiger partial charge in [-0.2, -0.15) is 0 Å². The summed E-state index contributed by atoms with van der Waals surface area (Å²) in [5.41, 5.74) is -0.727.